The lowest BCUT2D eigenvalue weighted by atomic mass is 9.98. The van der Waals surface area contributed by atoms with E-state index in [4.69, 9.17) is 5.73 Å². The molecule has 11 heteroatoms. The summed E-state index contributed by atoms with van der Waals surface area (Å²) in [6.45, 7) is 6.59. The third-order valence-electron chi connectivity index (χ3n) is 5.73. The SMILES string of the molecule is C.CC(C)C(NC(=O)[C@@H]1C2C(CN1C(=O)CNC(=O)C(F)(F)F)C2(C)C)C(N)=O. The Morgan fingerprint density at radius 2 is 1.76 bits per heavy atom. The molecule has 8 nitrogen and oxygen atoms in total. The summed E-state index contributed by atoms with van der Waals surface area (Å²) in [5, 5.41) is 4.08. The Labute approximate surface area is 167 Å². The second-order valence-electron chi connectivity index (χ2n) is 8.26. The van der Waals surface area contributed by atoms with Crippen LogP contribution in [0.25, 0.3) is 0 Å². The average molecular weight is 422 g/mol. The molecule has 0 aromatic heterocycles. The summed E-state index contributed by atoms with van der Waals surface area (Å²) in [6.07, 6.45) is -5.10. The number of piperidine rings is 1. The van der Waals surface area contributed by atoms with Crippen molar-refractivity contribution in [3.05, 3.63) is 0 Å². The highest BCUT2D eigenvalue weighted by Gasteiger charge is 2.69. The van der Waals surface area contributed by atoms with Crippen molar-refractivity contribution >= 4 is 23.6 Å². The van der Waals surface area contributed by atoms with E-state index < -0.39 is 48.4 Å². The first-order valence-corrected chi connectivity index (χ1v) is 8.93. The first kappa shape index (κ1) is 24.7. The highest BCUT2D eigenvalue weighted by Crippen LogP contribution is 2.64. The fraction of sp³-hybridized carbons (Fsp3) is 0.778. The highest BCUT2D eigenvalue weighted by molar-refractivity contribution is 5.94. The number of halogens is 3. The molecule has 0 bridgehead atoms. The van der Waals surface area contributed by atoms with Crippen LogP contribution in [-0.4, -0.2) is 59.9 Å². The van der Waals surface area contributed by atoms with Crippen molar-refractivity contribution < 1.29 is 32.3 Å². The van der Waals surface area contributed by atoms with Gasteiger partial charge in [0.15, 0.2) is 0 Å². The molecule has 1 saturated carbocycles. The number of nitrogens with zero attached hydrogens (tertiary/aromatic N) is 1. The molecule has 1 aliphatic heterocycles. The number of hydrogen-bond acceptors (Lipinski definition) is 4. The Morgan fingerprint density at radius 1 is 1.21 bits per heavy atom. The van der Waals surface area contributed by atoms with Crippen LogP contribution in [0.4, 0.5) is 13.2 Å². The van der Waals surface area contributed by atoms with Gasteiger partial charge in [-0.3, -0.25) is 19.2 Å². The molecule has 0 radical (unpaired) electrons. The lowest BCUT2D eigenvalue weighted by Crippen LogP contribution is -2.57. The molecule has 0 aromatic carbocycles. The van der Waals surface area contributed by atoms with Crippen molar-refractivity contribution in [2.75, 3.05) is 13.1 Å². The molecule has 0 aromatic rings. The number of likely N-dealkylation sites (tertiary alicyclic amines) is 1. The Bertz CT molecular complexity index is 693. The van der Waals surface area contributed by atoms with E-state index >= 15 is 0 Å². The number of primary amides is 1. The Hall–Kier alpha value is -2.33. The van der Waals surface area contributed by atoms with Crippen molar-refractivity contribution in [3.63, 3.8) is 0 Å². The number of rotatable bonds is 6. The van der Waals surface area contributed by atoms with Crippen LogP contribution in [0.2, 0.25) is 0 Å². The molecule has 1 saturated heterocycles. The van der Waals surface area contributed by atoms with Gasteiger partial charge in [0.05, 0.1) is 6.54 Å². The molecule has 2 rings (SSSR count). The molecular formula is C18H29F3N4O4. The maximum Gasteiger partial charge on any atom is 0.471 e. The van der Waals surface area contributed by atoms with Crippen molar-refractivity contribution in [1.29, 1.82) is 0 Å². The van der Waals surface area contributed by atoms with Gasteiger partial charge >= 0.3 is 12.1 Å². The molecule has 1 heterocycles. The van der Waals surface area contributed by atoms with Gasteiger partial charge in [-0.1, -0.05) is 35.1 Å². The molecule has 0 spiro atoms. The topological polar surface area (TPSA) is 122 Å². The zero-order valence-corrected chi connectivity index (χ0v) is 16.1. The van der Waals surface area contributed by atoms with E-state index in [2.05, 4.69) is 5.32 Å². The predicted octanol–water partition coefficient (Wildman–Crippen LogP) is 0.410. The van der Waals surface area contributed by atoms with E-state index in [1.807, 2.05) is 13.8 Å². The molecular weight excluding hydrogens is 393 g/mol. The third kappa shape index (κ3) is 4.81. The summed E-state index contributed by atoms with van der Waals surface area (Å²) in [4.78, 5) is 48.9. The van der Waals surface area contributed by atoms with Gasteiger partial charge in [-0.05, 0) is 23.2 Å². The first-order chi connectivity index (χ1) is 12.7. The summed E-state index contributed by atoms with van der Waals surface area (Å²) in [5.41, 5.74) is 5.10. The molecule has 1 aliphatic carbocycles. The first-order valence-electron chi connectivity index (χ1n) is 8.93. The van der Waals surface area contributed by atoms with Gasteiger partial charge in [-0.15, -0.1) is 0 Å². The lowest BCUT2D eigenvalue weighted by molar-refractivity contribution is -0.174. The largest absolute Gasteiger partial charge is 0.471 e. The van der Waals surface area contributed by atoms with Crippen LogP contribution in [0.15, 0.2) is 0 Å². The fourth-order valence-electron chi connectivity index (χ4n) is 4.01. The summed E-state index contributed by atoms with van der Waals surface area (Å²) in [6, 6.07) is -1.87. The minimum Gasteiger partial charge on any atom is -0.368 e. The fourth-order valence-corrected chi connectivity index (χ4v) is 4.01. The van der Waals surface area contributed by atoms with Crippen LogP contribution < -0.4 is 16.4 Å². The summed E-state index contributed by atoms with van der Waals surface area (Å²) in [7, 11) is 0. The van der Waals surface area contributed by atoms with E-state index in [9.17, 15) is 32.3 Å². The molecule has 29 heavy (non-hydrogen) atoms. The molecule has 4 amide bonds. The minimum absolute atomic E-state index is 0. The van der Waals surface area contributed by atoms with E-state index in [0.29, 0.717) is 0 Å². The smallest absolute Gasteiger partial charge is 0.368 e. The lowest BCUT2D eigenvalue weighted by Gasteiger charge is -2.31. The molecule has 4 N–H and O–H groups in total. The van der Waals surface area contributed by atoms with Crippen molar-refractivity contribution in [2.45, 2.75) is 53.4 Å². The van der Waals surface area contributed by atoms with Crippen molar-refractivity contribution in [2.24, 2.45) is 28.9 Å². The van der Waals surface area contributed by atoms with E-state index in [1.165, 1.54) is 10.2 Å². The third-order valence-corrected chi connectivity index (χ3v) is 5.73. The van der Waals surface area contributed by atoms with Gasteiger partial charge in [0.2, 0.25) is 17.7 Å². The van der Waals surface area contributed by atoms with E-state index in [-0.39, 0.29) is 37.1 Å². The van der Waals surface area contributed by atoms with Gasteiger partial charge in [0.25, 0.3) is 0 Å². The van der Waals surface area contributed by atoms with E-state index in [1.54, 1.807) is 13.8 Å². The van der Waals surface area contributed by atoms with Crippen molar-refractivity contribution in [1.82, 2.24) is 15.5 Å². The minimum atomic E-state index is -5.10. The number of amides is 4. The average Bonchev–Trinajstić information content (AvgIpc) is 2.93. The molecule has 4 atom stereocenters. The number of hydrogen-bond donors (Lipinski definition) is 3. The zero-order valence-electron chi connectivity index (χ0n) is 16.1. The van der Waals surface area contributed by atoms with Crippen LogP contribution in [0.5, 0.6) is 0 Å². The number of nitrogens with one attached hydrogen (secondary N) is 2. The number of alkyl halides is 3. The van der Waals surface area contributed by atoms with Gasteiger partial charge in [0, 0.05) is 6.54 Å². The van der Waals surface area contributed by atoms with Gasteiger partial charge in [-0.25, -0.2) is 0 Å². The van der Waals surface area contributed by atoms with Crippen LogP contribution in [0.1, 0.15) is 35.1 Å². The van der Waals surface area contributed by atoms with Gasteiger partial charge < -0.3 is 21.3 Å². The maximum atomic E-state index is 12.8. The molecule has 2 fully saturated rings. The summed E-state index contributed by atoms with van der Waals surface area (Å²) < 4.78 is 36.9. The summed E-state index contributed by atoms with van der Waals surface area (Å²) >= 11 is 0. The van der Waals surface area contributed by atoms with Crippen LogP contribution >= 0.6 is 0 Å². The van der Waals surface area contributed by atoms with Crippen LogP contribution in [0.3, 0.4) is 0 Å². The number of carbonyl (C=O) groups is 4. The van der Waals surface area contributed by atoms with Crippen molar-refractivity contribution in [3.8, 4) is 0 Å². The highest BCUT2D eigenvalue weighted by atomic mass is 19.4. The van der Waals surface area contributed by atoms with Gasteiger partial charge in [-0.2, -0.15) is 13.2 Å². The number of fused-ring (bicyclic) bond motifs is 1. The van der Waals surface area contributed by atoms with Crippen LogP contribution in [-0.2, 0) is 19.2 Å². The molecule has 2 aliphatic rings. The normalized spacial score (nSPS) is 25.5. The Morgan fingerprint density at radius 3 is 2.21 bits per heavy atom. The Balaban J connectivity index is 0.00000420. The second-order valence-corrected chi connectivity index (χ2v) is 8.26. The quantitative estimate of drug-likeness (QED) is 0.574. The molecule has 3 unspecified atom stereocenters. The molecule has 166 valence electrons. The summed E-state index contributed by atoms with van der Waals surface area (Å²) in [5.74, 6) is -4.76. The number of nitrogens with two attached hydrogens (primary N) is 1. The second kappa shape index (κ2) is 8.19. The van der Waals surface area contributed by atoms with Crippen LogP contribution in [0, 0.1) is 23.2 Å². The van der Waals surface area contributed by atoms with Gasteiger partial charge in [0.1, 0.15) is 12.1 Å². The predicted molar refractivity (Wildman–Crippen MR) is 98.0 cm³/mol. The monoisotopic (exact) mass is 422 g/mol. The standard InChI is InChI=1S/C17H25F3N4O4.CH4/c1-7(2)11(13(21)26)23-14(27)12-10-8(16(10,3)4)6-24(12)9(25)5-22-15(28)17(18,19)20;/h7-8,10-12H,5-6H2,1-4H3,(H2,21,26)(H,22,28)(H,23,27);1H4/t8?,10?,11?,12-;/m0./s1. The van der Waals surface area contributed by atoms with E-state index in [0.717, 1.165) is 0 Å². The maximum absolute atomic E-state index is 12.8. The number of carbonyl (C=O) groups excluding carboxylic acids is 4. The zero-order chi connectivity index (χ0) is 21.6. The Kier molecular flexibility index (Phi) is 6.98.